The van der Waals surface area contributed by atoms with Crippen LogP contribution >= 0.6 is 0 Å². The Hall–Kier alpha value is -4.12. The molecule has 11 heteroatoms. The molecule has 4 aromatic rings. The summed E-state index contributed by atoms with van der Waals surface area (Å²) >= 11 is 0. The van der Waals surface area contributed by atoms with Gasteiger partial charge in [-0.1, -0.05) is 13.8 Å². The van der Waals surface area contributed by atoms with Gasteiger partial charge in [0.25, 0.3) is 0 Å². The van der Waals surface area contributed by atoms with E-state index >= 15 is 0 Å². The van der Waals surface area contributed by atoms with Gasteiger partial charge in [-0.2, -0.15) is 15.1 Å². The number of rotatable bonds is 7. The van der Waals surface area contributed by atoms with Crippen LogP contribution in [0.4, 0.5) is 37.7 Å². The Bertz CT molecular complexity index is 1400. The second kappa shape index (κ2) is 9.15. The predicted molar refractivity (Wildman–Crippen MR) is 133 cm³/mol. The molecule has 0 amide bonds. The van der Waals surface area contributed by atoms with Crippen molar-refractivity contribution in [2.24, 2.45) is 0 Å². The smallest absolute Gasteiger partial charge is 0.231 e. The van der Waals surface area contributed by atoms with Crippen molar-refractivity contribution < 1.29 is 13.9 Å². The number of aromatic nitrogens is 5. The maximum Gasteiger partial charge on any atom is 0.231 e. The minimum atomic E-state index is -0.487. The maximum absolute atomic E-state index is 14.9. The van der Waals surface area contributed by atoms with Gasteiger partial charge in [0.15, 0.2) is 5.82 Å². The number of nitrogens with one attached hydrogen (secondary N) is 2. The summed E-state index contributed by atoms with van der Waals surface area (Å²) in [7, 11) is 0. The lowest BCUT2D eigenvalue weighted by atomic mass is 9.88. The molecule has 0 spiro atoms. The zero-order valence-electron chi connectivity index (χ0n) is 20.1. The molecule has 2 aromatic carbocycles. The summed E-state index contributed by atoms with van der Waals surface area (Å²) in [5.74, 6) is 1.21. The Balaban J connectivity index is 1.53. The van der Waals surface area contributed by atoms with Crippen LogP contribution in [0.3, 0.4) is 0 Å². The van der Waals surface area contributed by atoms with Crippen molar-refractivity contribution in [3.8, 4) is 5.69 Å². The number of benzene rings is 2. The number of aliphatic hydroxyl groups is 1. The second-order valence-electron chi connectivity index (χ2n) is 9.22. The largest absolute Gasteiger partial charge is 0.395 e. The quantitative estimate of drug-likeness (QED) is 0.352. The lowest BCUT2D eigenvalue weighted by Gasteiger charge is -2.22. The standard InChI is InChI=1S/C25H26F2N8O/c1-15-29-14-35(33-15)20-9-6-17(12-19(20)27)30-24-31-22(28-10-11-36)21-23(32-24)34(13-25(21,2)3)18-7-4-16(26)5-8-18/h4-9,12,14,36H,10-11,13H2,1-3H3,(H2,28,30,31,32). The van der Waals surface area contributed by atoms with Gasteiger partial charge in [0.1, 0.15) is 35.3 Å². The summed E-state index contributed by atoms with van der Waals surface area (Å²) < 4.78 is 29.8. The first-order valence-corrected chi connectivity index (χ1v) is 11.5. The van der Waals surface area contributed by atoms with Gasteiger partial charge in [0.05, 0.1) is 6.61 Å². The maximum atomic E-state index is 14.9. The van der Waals surface area contributed by atoms with Crippen LogP contribution in [-0.4, -0.2) is 49.5 Å². The summed E-state index contributed by atoms with van der Waals surface area (Å²) in [4.78, 5) is 15.5. The van der Waals surface area contributed by atoms with Crippen molar-refractivity contribution in [3.05, 3.63) is 71.8 Å². The minimum absolute atomic E-state index is 0.0714. The Morgan fingerprint density at radius 3 is 2.53 bits per heavy atom. The van der Waals surface area contributed by atoms with Crippen LogP contribution in [0.2, 0.25) is 0 Å². The zero-order chi connectivity index (χ0) is 25.4. The van der Waals surface area contributed by atoms with Crippen LogP contribution < -0.4 is 15.5 Å². The molecule has 2 aromatic heterocycles. The molecule has 9 nitrogen and oxygen atoms in total. The third-order valence-electron chi connectivity index (χ3n) is 5.98. The van der Waals surface area contributed by atoms with Crippen molar-refractivity contribution in [2.45, 2.75) is 26.2 Å². The molecule has 0 atom stereocenters. The molecule has 0 unspecified atom stereocenters. The monoisotopic (exact) mass is 492 g/mol. The van der Waals surface area contributed by atoms with E-state index in [0.717, 1.165) is 11.3 Å². The first-order valence-electron chi connectivity index (χ1n) is 11.5. The van der Waals surface area contributed by atoms with Gasteiger partial charge in [-0.3, -0.25) is 0 Å². The Kier molecular flexibility index (Phi) is 6.00. The number of anilines is 5. The minimum Gasteiger partial charge on any atom is -0.395 e. The molecule has 3 N–H and O–H groups in total. The number of hydrogen-bond acceptors (Lipinski definition) is 8. The summed E-state index contributed by atoms with van der Waals surface area (Å²) in [6.07, 6.45) is 1.45. The van der Waals surface area contributed by atoms with Crippen LogP contribution in [0, 0.1) is 18.6 Å². The first-order chi connectivity index (χ1) is 17.2. The van der Waals surface area contributed by atoms with Crippen LogP contribution in [-0.2, 0) is 5.41 Å². The van der Waals surface area contributed by atoms with Crippen molar-refractivity contribution in [1.82, 2.24) is 24.7 Å². The number of nitrogens with zero attached hydrogens (tertiary/aromatic N) is 6. The normalized spacial score (nSPS) is 14.1. The highest BCUT2D eigenvalue weighted by Crippen LogP contribution is 2.46. The molecule has 0 saturated heterocycles. The van der Waals surface area contributed by atoms with Crippen molar-refractivity contribution in [3.63, 3.8) is 0 Å². The van der Waals surface area contributed by atoms with Gasteiger partial charge in [0.2, 0.25) is 5.95 Å². The van der Waals surface area contributed by atoms with Crippen molar-refractivity contribution >= 4 is 29.0 Å². The van der Waals surface area contributed by atoms with Crippen LogP contribution in [0.15, 0.2) is 48.8 Å². The van der Waals surface area contributed by atoms with Gasteiger partial charge >= 0.3 is 0 Å². The van der Waals surface area contributed by atoms with Crippen molar-refractivity contribution in [2.75, 3.05) is 35.2 Å². The summed E-state index contributed by atoms with van der Waals surface area (Å²) in [6.45, 7) is 6.72. The Morgan fingerprint density at radius 1 is 1.08 bits per heavy atom. The van der Waals surface area contributed by atoms with E-state index in [2.05, 4.69) is 39.5 Å². The van der Waals surface area contributed by atoms with Gasteiger partial charge < -0.3 is 20.6 Å². The Labute approximate surface area is 206 Å². The van der Waals surface area contributed by atoms with Gasteiger partial charge in [-0.25, -0.2) is 18.4 Å². The van der Waals surface area contributed by atoms with Gasteiger partial charge in [-0.15, -0.1) is 0 Å². The van der Waals surface area contributed by atoms with Crippen LogP contribution in [0.5, 0.6) is 0 Å². The number of halogens is 2. The molecule has 1 aliphatic heterocycles. The second-order valence-corrected chi connectivity index (χ2v) is 9.22. The molecule has 186 valence electrons. The SMILES string of the molecule is Cc1ncn(-c2ccc(Nc3nc(NCCO)c4c(n3)N(c3ccc(F)cc3)CC4(C)C)cc2F)n1. The summed E-state index contributed by atoms with van der Waals surface area (Å²) in [6, 6.07) is 10.9. The molecule has 0 fully saturated rings. The highest BCUT2D eigenvalue weighted by atomic mass is 19.1. The van der Waals surface area contributed by atoms with Gasteiger partial charge in [-0.05, 0) is 49.4 Å². The summed E-state index contributed by atoms with van der Waals surface area (Å²) in [5.41, 5.74) is 2.06. The third kappa shape index (κ3) is 4.44. The fourth-order valence-electron chi connectivity index (χ4n) is 4.37. The molecule has 0 saturated carbocycles. The molecule has 0 radical (unpaired) electrons. The van der Waals surface area contributed by atoms with E-state index in [4.69, 9.17) is 4.98 Å². The van der Waals surface area contributed by atoms with Crippen LogP contribution in [0.1, 0.15) is 25.2 Å². The first kappa shape index (κ1) is 23.6. The topological polar surface area (TPSA) is 104 Å². The summed E-state index contributed by atoms with van der Waals surface area (Å²) in [5, 5.41) is 19.8. The van der Waals surface area contributed by atoms with E-state index in [1.807, 2.05) is 4.90 Å². The van der Waals surface area contributed by atoms with E-state index in [1.54, 1.807) is 31.2 Å². The average molecular weight is 493 g/mol. The molecule has 1 aliphatic rings. The molecular weight excluding hydrogens is 466 g/mol. The molecule has 0 bridgehead atoms. The van der Waals surface area contributed by atoms with Gasteiger partial charge in [0, 0.05) is 35.4 Å². The number of fused-ring (bicyclic) bond motifs is 1. The zero-order valence-corrected chi connectivity index (χ0v) is 20.1. The number of aliphatic hydroxyl groups excluding tert-OH is 1. The lowest BCUT2D eigenvalue weighted by molar-refractivity contribution is 0.311. The van der Waals surface area contributed by atoms with E-state index in [9.17, 15) is 13.9 Å². The molecular formula is C25H26F2N8O. The fourth-order valence-corrected chi connectivity index (χ4v) is 4.37. The van der Waals surface area contributed by atoms with E-state index in [1.165, 1.54) is 29.2 Å². The molecule has 3 heterocycles. The predicted octanol–water partition coefficient (Wildman–Crippen LogP) is 4.22. The van der Waals surface area contributed by atoms with Crippen LogP contribution in [0.25, 0.3) is 5.69 Å². The highest BCUT2D eigenvalue weighted by Gasteiger charge is 2.40. The van der Waals surface area contributed by atoms with E-state index < -0.39 is 5.82 Å². The molecule has 0 aliphatic carbocycles. The number of aryl methyl sites for hydroxylation is 1. The Morgan fingerprint density at radius 2 is 1.86 bits per heavy atom. The van der Waals surface area contributed by atoms with E-state index in [0.29, 0.717) is 36.2 Å². The number of hydrogen-bond donors (Lipinski definition) is 3. The lowest BCUT2D eigenvalue weighted by Crippen LogP contribution is -2.25. The third-order valence-corrected chi connectivity index (χ3v) is 5.98. The molecule has 5 rings (SSSR count). The molecule has 36 heavy (non-hydrogen) atoms. The van der Waals surface area contributed by atoms with Crippen molar-refractivity contribution in [1.29, 1.82) is 0 Å². The van der Waals surface area contributed by atoms with E-state index in [-0.39, 0.29) is 29.5 Å². The average Bonchev–Trinajstić information content (AvgIpc) is 3.38. The highest BCUT2D eigenvalue weighted by molar-refractivity contribution is 5.76. The fraction of sp³-hybridized carbons (Fsp3) is 0.280.